The molecule has 2 aromatic rings. The van der Waals surface area contributed by atoms with E-state index in [-0.39, 0.29) is 0 Å². The summed E-state index contributed by atoms with van der Waals surface area (Å²) in [6, 6.07) is 8.10. The van der Waals surface area contributed by atoms with E-state index in [2.05, 4.69) is 17.2 Å². The lowest BCUT2D eigenvalue weighted by molar-refractivity contribution is 0.445. The molecule has 1 heterocycles. The highest BCUT2D eigenvalue weighted by atomic mass is 16.3. The number of phenolic OH excluding ortho intramolecular Hbond substituents is 1. The monoisotopic (exact) mass is 268 g/mol. The van der Waals surface area contributed by atoms with Crippen LogP contribution in [0.15, 0.2) is 36.7 Å². The van der Waals surface area contributed by atoms with Gasteiger partial charge in [-0.3, -0.25) is 4.98 Å². The second kappa shape index (κ2) is 5.63. The zero-order chi connectivity index (χ0) is 13.9. The Morgan fingerprint density at radius 3 is 3.10 bits per heavy atom. The van der Waals surface area contributed by atoms with Crippen molar-refractivity contribution < 1.29 is 5.11 Å². The van der Waals surface area contributed by atoms with Crippen molar-refractivity contribution in [1.82, 2.24) is 10.3 Å². The molecule has 1 aromatic heterocycles. The maximum Gasteiger partial charge on any atom is 0.115 e. The van der Waals surface area contributed by atoms with Gasteiger partial charge < -0.3 is 10.4 Å². The molecule has 0 amide bonds. The van der Waals surface area contributed by atoms with Gasteiger partial charge in [-0.05, 0) is 66.6 Å². The highest BCUT2D eigenvalue weighted by molar-refractivity contribution is 5.38. The highest BCUT2D eigenvalue weighted by Gasteiger charge is 2.20. The number of benzene rings is 1. The molecule has 1 atom stereocenters. The predicted octanol–water partition coefficient (Wildman–Crippen LogP) is 3.26. The molecule has 1 unspecified atom stereocenters. The first-order chi connectivity index (χ1) is 9.74. The third-order valence-electron chi connectivity index (χ3n) is 4.13. The Morgan fingerprint density at radius 1 is 1.35 bits per heavy atom. The molecular weight excluding hydrogens is 248 g/mol. The molecule has 2 N–H and O–H groups in total. The van der Waals surface area contributed by atoms with E-state index in [9.17, 15) is 5.11 Å². The number of nitrogens with one attached hydrogen (secondary N) is 1. The number of phenols is 1. The van der Waals surface area contributed by atoms with E-state index in [1.807, 2.05) is 30.6 Å². The molecule has 0 fully saturated rings. The van der Waals surface area contributed by atoms with Crippen molar-refractivity contribution in [1.29, 1.82) is 0 Å². The third-order valence-corrected chi connectivity index (χ3v) is 4.13. The first-order valence-electron chi connectivity index (χ1n) is 7.18. The van der Waals surface area contributed by atoms with Crippen LogP contribution in [0.25, 0.3) is 0 Å². The predicted molar refractivity (Wildman–Crippen MR) is 79.6 cm³/mol. The van der Waals surface area contributed by atoms with E-state index in [1.165, 1.54) is 28.7 Å². The molecule has 1 aliphatic carbocycles. The van der Waals surface area contributed by atoms with Gasteiger partial charge in [-0.15, -0.1) is 0 Å². The number of nitrogens with zero attached hydrogens (tertiary/aromatic N) is 1. The molecule has 0 radical (unpaired) electrons. The van der Waals surface area contributed by atoms with Crippen molar-refractivity contribution >= 4 is 0 Å². The van der Waals surface area contributed by atoms with Gasteiger partial charge in [0.2, 0.25) is 0 Å². The first-order valence-corrected chi connectivity index (χ1v) is 7.18. The van der Waals surface area contributed by atoms with Crippen LogP contribution in [0, 0.1) is 6.92 Å². The molecule has 0 spiro atoms. The van der Waals surface area contributed by atoms with Crippen LogP contribution in [0.5, 0.6) is 5.75 Å². The smallest absolute Gasteiger partial charge is 0.115 e. The standard InChI is InChI=1S/C17H20N2O/c1-12-7-8-18-10-14(12)11-19-17-4-2-3-13-5-6-15(20)9-16(13)17/h5-10,17,19-20H,2-4,11H2,1H3. The van der Waals surface area contributed by atoms with E-state index in [1.54, 1.807) is 6.07 Å². The number of hydrogen-bond acceptors (Lipinski definition) is 3. The van der Waals surface area contributed by atoms with Gasteiger partial charge in [0.05, 0.1) is 0 Å². The van der Waals surface area contributed by atoms with Crippen LogP contribution >= 0.6 is 0 Å². The summed E-state index contributed by atoms with van der Waals surface area (Å²) in [4.78, 5) is 4.19. The average molecular weight is 268 g/mol. The molecular formula is C17H20N2O. The Balaban J connectivity index is 1.77. The average Bonchev–Trinajstić information content (AvgIpc) is 2.46. The van der Waals surface area contributed by atoms with Gasteiger partial charge in [0.1, 0.15) is 5.75 Å². The second-order valence-corrected chi connectivity index (χ2v) is 5.51. The van der Waals surface area contributed by atoms with Gasteiger partial charge >= 0.3 is 0 Å². The zero-order valence-corrected chi connectivity index (χ0v) is 11.8. The van der Waals surface area contributed by atoms with E-state index < -0.39 is 0 Å². The molecule has 3 rings (SSSR count). The number of aromatic hydroxyl groups is 1. The van der Waals surface area contributed by atoms with Crippen molar-refractivity contribution in [2.75, 3.05) is 0 Å². The van der Waals surface area contributed by atoms with Crippen molar-refractivity contribution in [3.63, 3.8) is 0 Å². The van der Waals surface area contributed by atoms with Gasteiger partial charge in [0.15, 0.2) is 0 Å². The van der Waals surface area contributed by atoms with Crippen LogP contribution < -0.4 is 5.32 Å². The molecule has 3 heteroatoms. The Kier molecular flexibility index (Phi) is 3.70. The minimum Gasteiger partial charge on any atom is -0.508 e. The Labute approximate surface area is 119 Å². The summed E-state index contributed by atoms with van der Waals surface area (Å²) in [5.74, 6) is 0.356. The maximum atomic E-state index is 9.70. The summed E-state index contributed by atoms with van der Waals surface area (Å²) < 4.78 is 0. The summed E-state index contributed by atoms with van der Waals surface area (Å²) in [6.07, 6.45) is 7.18. The van der Waals surface area contributed by atoms with Crippen molar-refractivity contribution in [2.45, 2.75) is 38.8 Å². The lowest BCUT2D eigenvalue weighted by Gasteiger charge is -2.27. The van der Waals surface area contributed by atoms with Gasteiger partial charge in [0.25, 0.3) is 0 Å². The minimum atomic E-state index is 0.324. The molecule has 1 aliphatic rings. The number of rotatable bonds is 3. The van der Waals surface area contributed by atoms with Crippen LogP contribution in [0.4, 0.5) is 0 Å². The summed E-state index contributed by atoms with van der Waals surface area (Å²) >= 11 is 0. The minimum absolute atomic E-state index is 0.324. The number of aromatic nitrogens is 1. The molecule has 20 heavy (non-hydrogen) atoms. The molecule has 104 valence electrons. The normalized spacial score (nSPS) is 17.8. The van der Waals surface area contributed by atoms with Crippen LogP contribution in [0.1, 0.15) is 41.1 Å². The fourth-order valence-corrected chi connectivity index (χ4v) is 2.91. The third kappa shape index (κ3) is 2.68. The van der Waals surface area contributed by atoms with Gasteiger partial charge in [-0.1, -0.05) is 6.07 Å². The van der Waals surface area contributed by atoms with Crippen LogP contribution in [0.3, 0.4) is 0 Å². The number of aryl methyl sites for hydroxylation is 2. The fourth-order valence-electron chi connectivity index (χ4n) is 2.91. The van der Waals surface area contributed by atoms with Gasteiger partial charge in [-0.2, -0.15) is 0 Å². The summed E-state index contributed by atoms with van der Waals surface area (Å²) in [5, 5.41) is 13.3. The SMILES string of the molecule is Cc1ccncc1CNC1CCCc2ccc(O)cc21. The van der Waals surface area contributed by atoms with Crippen molar-refractivity contribution in [2.24, 2.45) is 0 Å². The molecule has 0 saturated heterocycles. The van der Waals surface area contributed by atoms with E-state index in [0.717, 1.165) is 19.4 Å². The van der Waals surface area contributed by atoms with Crippen molar-refractivity contribution in [3.05, 3.63) is 58.9 Å². The number of fused-ring (bicyclic) bond motifs is 1. The Morgan fingerprint density at radius 2 is 2.25 bits per heavy atom. The lowest BCUT2D eigenvalue weighted by Crippen LogP contribution is -2.25. The molecule has 0 bridgehead atoms. The van der Waals surface area contributed by atoms with E-state index >= 15 is 0 Å². The van der Waals surface area contributed by atoms with E-state index in [4.69, 9.17) is 0 Å². The largest absolute Gasteiger partial charge is 0.508 e. The highest BCUT2D eigenvalue weighted by Crippen LogP contribution is 2.32. The topological polar surface area (TPSA) is 45.2 Å². The number of pyridine rings is 1. The second-order valence-electron chi connectivity index (χ2n) is 5.51. The van der Waals surface area contributed by atoms with E-state index in [0.29, 0.717) is 11.8 Å². The lowest BCUT2D eigenvalue weighted by atomic mass is 9.87. The Bertz CT molecular complexity index is 610. The molecule has 1 aromatic carbocycles. The molecule has 0 saturated carbocycles. The molecule has 3 nitrogen and oxygen atoms in total. The quantitative estimate of drug-likeness (QED) is 0.898. The summed E-state index contributed by atoms with van der Waals surface area (Å²) in [5.41, 5.74) is 5.10. The fraction of sp³-hybridized carbons (Fsp3) is 0.353. The Hall–Kier alpha value is -1.87. The van der Waals surface area contributed by atoms with Crippen LogP contribution in [-0.2, 0) is 13.0 Å². The van der Waals surface area contributed by atoms with Crippen molar-refractivity contribution in [3.8, 4) is 5.75 Å². The number of hydrogen-bond donors (Lipinski definition) is 2. The van der Waals surface area contributed by atoms with Gasteiger partial charge in [-0.25, -0.2) is 0 Å². The molecule has 0 aliphatic heterocycles. The van der Waals surface area contributed by atoms with Crippen LogP contribution in [0.2, 0.25) is 0 Å². The summed E-state index contributed by atoms with van der Waals surface area (Å²) in [7, 11) is 0. The zero-order valence-electron chi connectivity index (χ0n) is 11.8. The first kappa shape index (κ1) is 13.1. The summed E-state index contributed by atoms with van der Waals surface area (Å²) in [6.45, 7) is 2.93. The van der Waals surface area contributed by atoms with Crippen LogP contribution in [-0.4, -0.2) is 10.1 Å². The maximum absolute atomic E-state index is 9.70. The van der Waals surface area contributed by atoms with Gasteiger partial charge in [0, 0.05) is 25.0 Å².